The minimum Gasteiger partial charge on any atom is -0.506 e. The van der Waals surface area contributed by atoms with Crippen molar-refractivity contribution >= 4 is 10.0 Å². The summed E-state index contributed by atoms with van der Waals surface area (Å²) in [7, 11) is -4.15. The Bertz CT molecular complexity index is 487. The van der Waals surface area contributed by atoms with Crippen molar-refractivity contribution in [3.63, 3.8) is 0 Å². The van der Waals surface area contributed by atoms with Crippen LogP contribution < -0.4 is 5.14 Å². The van der Waals surface area contributed by atoms with Crippen molar-refractivity contribution in [3.8, 4) is 5.75 Å². The van der Waals surface area contributed by atoms with Crippen LogP contribution >= 0.6 is 0 Å². The first-order valence-electron chi connectivity index (χ1n) is 3.75. The number of nitrogens with two attached hydrogens (primary N) is 1. The number of aromatic hydroxyl groups is 1. The lowest BCUT2D eigenvalue weighted by Crippen LogP contribution is -2.15. The van der Waals surface area contributed by atoms with Crippen molar-refractivity contribution in [1.29, 1.82) is 0 Å². The number of pyridine rings is 1. The standard InChI is InChI=1S/C7H8F2N2O3S/c1-3-6(12)4(7(8)9)2-5(11-3)15(10,13)14/h2,7,12H,1H3,(H2,10,13,14). The lowest BCUT2D eigenvalue weighted by Gasteiger charge is -2.07. The van der Waals surface area contributed by atoms with E-state index in [4.69, 9.17) is 5.14 Å². The van der Waals surface area contributed by atoms with Crippen LogP contribution in [0.25, 0.3) is 0 Å². The van der Waals surface area contributed by atoms with E-state index >= 15 is 0 Å². The number of rotatable bonds is 2. The lowest BCUT2D eigenvalue weighted by atomic mass is 10.2. The fourth-order valence-electron chi connectivity index (χ4n) is 0.973. The molecule has 3 N–H and O–H groups in total. The lowest BCUT2D eigenvalue weighted by molar-refractivity contribution is 0.146. The topological polar surface area (TPSA) is 93.3 Å². The van der Waals surface area contributed by atoms with Gasteiger partial charge in [-0.1, -0.05) is 0 Å². The van der Waals surface area contributed by atoms with Gasteiger partial charge in [-0.2, -0.15) is 0 Å². The van der Waals surface area contributed by atoms with Gasteiger partial charge in [-0.15, -0.1) is 0 Å². The normalized spacial score (nSPS) is 12.1. The van der Waals surface area contributed by atoms with E-state index in [2.05, 4.69) is 4.98 Å². The van der Waals surface area contributed by atoms with Crippen LogP contribution in [0, 0.1) is 6.92 Å². The number of aryl methyl sites for hydroxylation is 1. The molecule has 0 fully saturated rings. The van der Waals surface area contributed by atoms with Gasteiger partial charge in [0, 0.05) is 0 Å². The molecule has 0 unspecified atom stereocenters. The summed E-state index contributed by atoms with van der Waals surface area (Å²) in [6.07, 6.45) is -2.99. The van der Waals surface area contributed by atoms with Crippen molar-refractivity contribution < 1.29 is 22.3 Å². The van der Waals surface area contributed by atoms with Gasteiger partial charge in [-0.05, 0) is 13.0 Å². The third-order valence-electron chi connectivity index (χ3n) is 1.70. The Morgan fingerprint density at radius 3 is 2.47 bits per heavy atom. The van der Waals surface area contributed by atoms with Gasteiger partial charge in [0.1, 0.15) is 5.75 Å². The number of nitrogens with zero attached hydrogens (tertiary/aromatic N) is 1. The van der Waals surface area contributed by atoms with Crippen LogP contribution in [-0.4, -0.2) is 18.5 Å². The second-order valence-electron chi connectivity index (χ2n) is 2.83. The Morgan fingerprint density at radius 2 is 2.07 bits per heavy atom. The summed E-state index contributed by atoms with van der Waals surface area (Å²) in [5, 5.41) is 13.2. The van der Waals surface area contributed by atoms with Crippen LogP contribution in [0.2, 0.25) is 0 Å². The maximum absolute atomic E-state index is 12.4. The fraction of sp³-hybridized carbons (Fsp3) is 0.286. The first kappa shape index (κ1) is 11.8. The molecule has 1 heterocycles. The Morgan fingerprint density at radius 1 is 1.53 bits per heavy atom. The molecule has 0 aliphatic heterocycles. The summed E-state index contributed by atoms with van der Waals surface area (Å²) in [6, 6.07) is 0.558. The first-order chi connectivity index (χ1) is 6.73. The van der Waals surface area contributed by atoms with E-state index in [0.717, 1.165) is 0 Å². The van der Waals surface area contributed by atoms with Crippen molar-refractivity contribution in [1.82, 2.24) is 4.98 Å². The molecule has 0 aliphatic carbocycles. The van der Waals surface area contributed by atoms with E-state index in [0.29, 0.717) is 6.07 Å². The summed E-state index contributed by atoms with van der Waals surface area (Å²) in [4.78, 5) is 3.39. The molecular formula is C7H8F2N2O3S. The number of halogens is 2. The molecule has 0 amide bonds. The van der Waals surface area contributed by atoms with Gasteiger partial charge in [0.15, 0.2) is 5.03 Å². The predicted molar refractivity (Wildman–Crippen MR) is 47.0 cm³/mol. The number of primary sulfonamides is 1. The molecule has 0 spiro atoms. The Hall–Kier alpha value is -1.28. The molecule has 84 valence electrons. The van der Waals surface area contributed by atoms with Crippen LogP contribution in [0.5, 0.6) is 5.75 Å². The van der Waals surface area contributed by atoms with E-state index < -0.39 is 32.8 Å². The highest BCUT2D eigenvalue weighted by molar-refractivity contribution is 7.89. The average molecular weight is 238 g/mol. The van der Waals surface area contributed by atoms with Gasteiger partial charge in [0.25, 0.3) is 16.4 Å². The van der Waals surface area contributed by atoms with Crippen molar-refractivity contribution in [3.05, 3.63) is 17.3 Å². The van der Waals surface area contributed by atoms with E-state index in [1.807, 2.05) is 0 Å². The summed E-state index contributed by atoms with van der Waals surface area (Å²) in [5.41, 5.74) is -1.01. The summed E-state index contributed by atoms with van der Waals surface area (Å²) in [6.45, 7) is 1.20. The Balaban J connectivity index is 3.50. The maximum Gasteiger partial charge on any atom is 0.267 e. The number of aromatic nitrogens is 1. The summed E-state index contributed by atoms with van der Waals surface area (Å²) < 4.78 is 46.4. The van der Waals surface area contributed by atoms with Gasteiger partial charge in [0.2, 0.25) is 0 Å². The molecule has 0 aliphatic rings. The van der Waals surface area contributed by atoms with E-state index in [-0.39, 0.29) is 5.69 Å². The van der Waals surface area contributed by atoms with Crippen molar-refractivity contribution in [2.24, 2.45) is 5.14 Å². The predicted octanol–water partition coefficient (Wildman–Crippen LogP) is 0.681. The quantitative estimate of drug-likeness (QED) is 0.792. The zero-order chi connectivity index (χ0) is 11.8. The SMILES string of the molecule is Cc1nc(S(N)(=O)=O)cc(C(F)F)c1O. The van der Waals surface area contributed by atoms with Crippen LogP contribution in [0.4, 0.5) is 8.78 Å². The van der Waals surface area contributed by atoms with Crippen LogP contribution in [-0.2, 0) is 10.0 Å². The zero-order valence-corrected chi connectivity index (χ0v) is 8.42. The molecule has 0 saturated heterocycles. The Kier molecular flexibility index (Phi) is 2.91. The molecular weight excluding hydrogens is 230 g/mol. The summed E-state index contributed by atoms with van der Waals surface area (Å²) >= 11 is 0. The van der Waals surface area contributed by atoms with E-state index in [1.54, 1.807) is 0 Å². The third kappa shape index (κ3) is 2.39. The highest BCUT2D eigenvalue weighted by atomic mass is 32.2. The number of hydrogen-bond donors (Lipinski definition) is 2. The zero-order valence-electron chi connectivity index (χ0n) is 7.61. The fourth-order valence-corrected chi connectivity index (χ4v) is 1.53. The maximum atomic E-state index is 12.4. The Labute approximate surface area is 84.6 Å². The minimum atomic E-state index is -4.15. The first-order valence-corrected chi connectivity index (χ1v) is 5.29. The van der Waals surface area contributed by atoms with Gasteiger partial charge in [0.05, 0.1) is 11.3 Å². The smallest absolute Gasteiger partial charge is 0.267 e. The van der Waals surface area contributed by atoms with Gasteiger partial charge >= 0.3 is 0 Å². The van der Waals surface area contributed by atoms with E-state index in [1.165, 1.54) is 6.92 Å². The molecule has 1 aromatic rings. The third-order valence-corrected chi connectivity index (χ3v) is 2.49. The molecule has 15 heavy (non-hydrogen) atoms. The molecule has 0 aromatic carbocycles. The largest absolute Gasteiger partial charge is 0.506 e. The molecule has 0 atom stereocenters. The number of hydrogen-bond acceptors (Lipinski definition) is 4. The van der Waals surface area contributed by atoms with Crippen molar-refractivity contribution in [2.75, 3.05) is 0 Å². The molecule has 0 saturated carbocycles. The molecule has 5 nitrogen and oxygen atoms in total. The number of sulfonamides is 1. The minimum absolute atomic E-state index is 0.211. The summed E-state index contributed by atoms with van der Waals surface area (Å²) in [5.74, 6) is -0.725. The molecule has 1 aromatic heterocycles. The van der Waals surface area contributed by atoms with Crippen LogP contribution in [0.3, 0.4) is 0 Å². The molecule has 0 radical (unpaired) electrons. The highest BCUT2D eigenvalue weighted by Crippen LogP contribution is 2.31. The van der Waals surface area contributed by atoms with Gasteiger partial charge < -0.3 is 5.11 Å². The molecule has 1 rings (SSSR count). The van der Waals surface area contributed by atoms with Gasteiger partial charge in [-0.3, -0.25) is 0 Å². The molecule has 8 heteroatoms. The van der Waals surface area contributed by atoms with Crippen LogP contribution in [0.15, 0.2) is 11.1 Å². The van der Waals surface area contributed by atoms with Gasteiger partial charge in [-0.25, -0.2) is 27.3 Å². The highest BCUT2D eigenvalue weighted by Gasteiger charge is 2.20. The molecule has 0 bridgehead atoms. The van der Waals surface area contributed by atoms with E-state index in [9.17, 15) is 22.3 Å². The number of alkyl halides is 2. The second-order valence-corrected chi connectivity index (χ2v) is 4.34. The average Bonchev–Trinajstić information content (AvgIpc) is 2.06. The van der Waals surface area contributed by atoms with Crippen molar-refractivity contribution in [2.45, 2.75) is 18.4 Å². The second kappa shape index (κ2) is 3.70. The van der Waals surface area contributed by atoms with Crippen LogP contribution in [0.1, 0.15) is 17.7 Å². The monoisotopic (exact) mass is 238 g/mol.